The first-order valence-electron chi connectivity index (χ1n) is 22.8. The lowest BCUT2D eigenvalue weighted by Crippen LogP contribution is -2.54. The number of carbonyl (C=O) groups excluding carboxylic acids is 5. The number of amides is 3. The monoisotopic (exact) mass is 813 g/mol. The average Bonchev–Trinajstić information content (AvgIpc) is 3.62. The van der Waals surface area contributed by atoms with Crippen LogP contribution >= 0.6 is 0 Å². The van der Waals surface area contributed by atoms with Gasteiger partial charge in [-0.25, -0.2) is 8.42 Å². The molecule has 7 aliphatic rings. The van der Waals surface area contributed by atoms with Crippen LogP contribution in [0.25, 0.3) is 0 Å². The van der Waals surface area contributed by atoms with Crippen molar-refractivity contribution in [1.82, 2.24) is 19.8 Å². The maximum absolute atomic E-state index is 15.3. The van der Waals surface area contributed by atoms with Gasteiger partial charge in [0.2, 0.25) is 27.7 Å². The molecule has 2 aliphatic heterocycles. The van der Waals surface area contributed by atoms with Crippen molar-refractivity contribution in [3.05, 3.63) is 0 Å². The molecule has 0 aromatic heterocycles. The van der Waals surface area contributed by atoms with Crippen molar-refractivity contribution in [3.8, 4) is 0 Å². The Morgan fingerprint density at radius 2 is 1.51 bits per heavy atom. The van der Waals surface area contributed by atoms with Crippen LogP contribution in [0.2, 0.25) is 0 Å². The number of rotatable bonds is 15. The maximum atomic E-state index is 15.3. The molecule has 57 heavy (non-hydrogen) atoms. The summed E-state index contributed by atoms with van der Waals surface area (Å²) in [4.78, 5) is 76.5. The summed E-state index contributed by atoms with van der Waals surface area (Å²) in [6.07, 6.45) is 13.3. The van der Waals surface area contributed by atoms with Crippen molar-refractivity contribution in [3.63, 3.8) is 0 Å². The van der Waals surface area contributed by atoms with Crippen LogP contribution in [-0.2, 0) is 34.0 Å². The van der Waals surface area contributed by atoms with E-state index in [1.54, 1.807) is 4.90 Å². The fourth-order valence-corrected chi connectivity index (χ4v) is 14.6. The minimum Gasteiger partial charge on any atom is -0.345 e. The van der Waals surface area contributed by atoms with Gasteiger partial charge in [-0.3, -0.25) is 33.6 Å². The molecule has 3 amide bonds. The summed E-state index contributed by atoms with van der Waals surface area (Å²) in [7, 11) is -3.82. The number of carbonyl (C=O) groups is 5. The number of likely N-dealkylation sites (tertiary alicyclic amines) is 2. The average molecular weight is 813 g/mol. The normalized spacial score (nSPS) is 33.3. The highest BCUT2D eigenvalue weighted by Crippen LogP contribution is 2.88. The van der Waals surface area contributed by atoms with Crippen LogP contribution in [0.15, 0.2) is 0 Å². The Bertz CT molecular complexity index is 1720. The number of hydrogen-bond donors (Lipinski definition) is 2. The number of fused-ring (bicyclic) bond motifs is 1. The number of nitrogens with one attached hydrogen (secondary N) is 2. The molecule has 7 atom stereocenters. The fraction of sp³-hybridized carbons (Fsp3) is 0.889. The summed E-state index contributed by atoms with van der Waals surface area (Å²) in [5, 5.41) is 2.67. The third-order valence-corrected chi connectivity index (χ3v) is 19.3. The lowest BCUT2D eigenvalue weighted by Gasteiger charge is -2.37. The molecular formula is C45H72N4O7S. The van der Waals surface area contributed by atoms with Gasteiger partial charge in [0.05, 0.1) is 28.8 Å². The van der Waals surface area contributed by atoms with Crippen LogP contribution in [0.1, 0.15) is 164 Å². The van der Waals surface area contributed by atoms with Gasteiger partial charge >= 0.3 is 0 Å². The molecule has 0 unspecified atom stereocenters. The van der Waals surface area contributed by atoms with Gasteiger partial charge < -0.3 is 10.2 Å². The second-order valence-corrected chi connectivity index (χ2v) is 23.2. The number of sulfonamides is 1. The van der Waals surface area contributed by atoms with Gasteiger partial charge in [-0.1, -0.05) is 87.0 Å². The molecule has 0 bridgehead atoms. The lowest BCUT2D eigenvalue weighted by atomic mass is 9.73. The molecule has 0 aromatic carbocycles. The van der Waals surface area contributed by atoms with Crippen molar-refractivity contribution in [1.29, 1.82) is 0 Å². The van der Waals surface area contributed by atoms with Gasteiger partial charge in [0.15, 0.2) is 11.6 Å². The molecule has 12 heteroatoms. The molecule has 2 N–H and O–H groups in total. The van der Waals surface area contributed by atoms with E-state index in [1.165, 1.54) is 0 Å². The Kier molecular flexibility index (Phi) is 11.5. The quantitative estimate of drug-likeness (QED) is 0.195. The summed E-state index contributed by atoms with van der Waals surface area (Å²) >= 11 is 0. The largest absolute Gasteiger partial charge is 0.345 e. The van der Waals surface area contributed by atoms with Crippen molar-refractivity contribution in [2.75, 3.05) is 19.6 Å². The fourth-order valence-electron chi connectivity index (χ4n) is 13.0. The van der Waals surface area contributed by atoms with E-state index in [-0.39, 0.29) is 70.3 Å². The van der Waals surface area contributed by atoms with E-state index in [1.807, 2.05) is 27.7 Å². The standard InChI is InChI=1S/C45H72N4O7S/c1-8-30-25-43(30,40(54)47-57(55,56)31-18-13-19-31)27-36(51)34-26-45(42(6,7)44(45)21-15-22-44)28-49(34)39(53)32(41(3,4)5)24-35(50)37(29-16-11-10-12-17-29)46-38(52)33-20-14-23-48(33)9-2/h29-34,37H,8-28H2,1-7H3,(H,46,52)(H,47,54)/t30-,32-,33+,34+,37+,43-,45-/m1/s1. The van der Waals surface area contributed by atoms with Crippen LogP contribution in [0, 0.1) is 44.8 Å². The first kappa shape index (κ1) is 42.8. The van der Waals surface area contributed by atoms with Gasteiger partial charge in [-0.2, -0.15) is 0 Å². The molecule has 7 fully saturated rings. The Balaban J connectivity index is 1.15. The zero-order valence-electron chi connectivity index (χ0n) is 36.1. The van der Waals surface area contributed by atoms with Gasteiger partial charge in [-0.15, -0.1) is 0 Å². The van der Waals surface area contributed by atoms with E-state index in [0.717, 1.165) is 83.7 Å². The second kappa shape index (κ2) is 15.3. The second-order valence-electron chi connectivity index (χ2n) is 21.2. The first-order valence-corrected chi connectivity index (χ1v) is 24.3. The molecule has 5 saturated carbocycles. The number of hydrogen-bond acceptors (Lipinski definition) is 8. The summed E-state index contributed by atoms with van der Waals surface area (Å²) in [6.45, 7) is 16.7. The smallest absolute Gasteiger partial charge is 0.240 e. The van der Waals surface area contributed by atoms with Crippen molar-refractivity contribution < 1.29 is 32.4 Å². The Labute approximate surface area is 342 Å². The molecule has 320 valence electrons. The summed E-state index contributed by atoms with van der Waals surface area (Å²) < 4.78 is 28.6. The molecule has 5 aliphatic carbocycles. The zero-order valence-corrected chi connectivity index (χ0v) is 36.9. The van der Waals surface area contributed by atoms with E-state index >= 15 is 4.79 Å². The summed E-state index contributed by atoms with van der Waals surface area (Å²) in [6, 6.07) is -1.66. The zero-order chi connectivity index (χ0) is 41.3. The van der Waals surface area contributed by atoms with Crippen LogP contribution < -0.4 is 10.0 Å². The molecule has 7 rings (SSSR count). The number of nitrogens with zero attached hydrogens (tertiary/aromatic N) is 2. The predicted octanol–water partition coefficient (Wildman–Crippen LogP) is 6.33. The SMILES string of the molecule is CC[C@@H]1C[C@]1(CC(=O)[C@@H]1C[C@@]2(CN1C(=O)[C@@H](CC(=O)[C@@H](NC(=O)[C@@H]1CCCN1CC)C1CCCCC1)C(C)(C)C)C(C)(C)C21CCC1)C(=O)NS(=O)(=O)C1CCC1. The van der Waals surface area contributed by atoms with E-state index in [2.05, 4.69) is 35.7 Å². The number of Topliss-reactive ketones (excluding diaryl/α,β-unsaturated/α-hetero) is 2. The molecule has 0 aromatic rings. The van der Waals surface area contributed by atoms with Crippen LogP contribution in [0.5, 0.6) is 0 Å². The first-order chi connectivity index (χ1) is 26.8. The lowest BCUT2D eigenvalue weighted by molar-refractivity contribution is -0.147. The van der Waals surface area contributed by atoms with E-state index in [0.29, 0.717) is 38.6 Å². The van der Waals surface area contributed by atoms with Crippen molar-refractivity contribution >= 4 is 39.3 Å². The van der Waals surface area contributed by atoms with E-state index in [4.69, 9.17) is 0 Å². The Morgan fingerprint density at radius 3 is 2.04 bits per heavy atom. The van der Waals surface area contributed by atoms with Gasteiger partial charge in [0.25, 0.3) is 0 Å². The molecular weight excluding hydrogens is 741 g/mol. The number of ketones is 2. The highest BCUT2D eigenvalue weighted by atomic mass is 32.2. The molecule has 0 radical (unpaired) electrons. The topological polar surface area (TPSA) is 150 Å². The minimum atomic E-state index is -3.82. The molecule has 2 heterocycles. The Morgan fingerprint density at radius 1 is 0.825 bits per heavy atom. The summed E-state index contributed by atoms with van der Waals surface area (Å²) in [5.74, 6) is -1.93. The molecule has 2 spiro atoms. The third kappa shape index (κ3) is 7.14. The summed E-state index contributed by atoms with van der Waals surface area (Å²) in [5.41, 5.74) is -1.96. The highest BCUT2D eigenvalue weighted by molar-refractivity contribution is 7.90. The van der Waals surface area contributed by atoms with Crippen molar-refractivity contribution in [2.45, 2.75) is 187 Å². The van der Waals surface area contributed by atoms with Crippen LogP contribution in [-0.4, -0.2) is 90.5 Å². The van der Waals surface area contributed by atoms with E-state index in [9.17, 15) is 27.6 Å². The van der Waals surface area contributed by atoms with Gasteiger partial charge in [-0.05, 0) is 105 Å². The molecule has 2 saturated heterocycles. The minimum absolute atomic E-state index is 0.0197. The van der Waals surface area contributed by atoms with E-state index < -0.39 is 50.0 Å². The third-order valence-electron chi connectivity index (χ3n) is 17.4. The van der Waals surface area contributed by atoms with Gasteiger partial charge in [0, 0.05) is 30.7 Å². The van der Waals surface area contributed by atoms with Crippen LogP contribution in [0.4, 0.5) is 0 Å². The predicted molar refractivity (Wildman–Crippen MR) is 219 cm³/mol. The van der Waals surface area contributed by atoms with Crippen LogP contribution in [0.3, 0.4) is 0 Å². The maximum Gasteiger partial charge on any atom is 0.240 e. The van der Waals surface area contributed by atoms with Gasteiger partial charge in [0.1, 0.15) is 0 Å². The van der Waals surface area contributed by atoms with Crippen molar-refractivity contribution in [2.24, 2.45) is 44.8 Å². The Hall–Kier alpha value is -2.34. The number of likely N-dealkylation sites (N-methyl/N-ethyl adjacent to an activating group) is 1. The molecule has 11 nitrogen and oxygen atoms in total. The highest BCUT2D eigenvalue weighted by Gasteiger charge is 2.85.